The van der Waals surface area contributed by atoms with Gasteiger partial charge in [0.1, 0.15) is 5.82 Å². The third-order valence-corrected chi connectivity index (χ3v) is 6.02. The van der Waals surface area contributed by atoms with E-state index in [1.54, 1.807) is 25.7 Å². The van der Waals surface area contributed by atoms with Crippen molar-refractivity contribution in [1.29, 1.82) is 5.26 Å². The maximum Gasteiger partial charge on any atom is 0.213 e. The van der Waals surface area contributed by atoms with E-state index in [4.69, 9.17) is 15.0 Å². The van der Waals surface area contributed by atoms with Crippen LogP contribution < -0.4 is 14.5 Å². The summed E-state index contributed by atoms with van der Waals surface area (Å²) >= 11 is 0. The smallest absolute Gasteiger partial charge is 0.213 e. The summed E-state index contributed by atoms with van der Waals surface area (Å²) in [7, 11) is 1.61. The van der Waals surface area contributed by atoms with E-state index < -0.39 is 0 Å². The summed E-state index contributed by atoms with van der Waals surface area (Å²) in [5.74, 6) is 3.00. The fourth-order valence-electron chi connectivity index (χ4n) is 4.22. The van der Waals surface area contributed by atoms with Crippen LogP contribution in [0.5, 0.6) is 5.88 Å². The third kappa shape index (κ3) is 3.36. The van der Waals surface area contributed by atoms with Crippen LogP contribution >= 0.6 is 0 Å². The van der Waals surface area contributed by atoms with Gasteiger partial charge in [0.2, 0.25) is 5.88 Å². The van der Waals surface area contributed by atoms with Gasteiger partial charge in [-0.3, -0.25) is 4.98 Å². The highest BCUT2D eigenvalue weighted by Gasteiger charge is 2.34. The monoisotopic (exact) mass is 401 g/mol. The van der Waals surface area contributed by atoms with Crippen molar-refractivity contribution in [2.45, 2.75) is 18.8 Å². The number of methoxy groups -OCH3 is 1. The zero-order valence-electron chi connectivity index (χ0n) is 16.9. The molecule has 2 aliphatic heterocycles. The van der Waals surface area contributed by atoms with Gasteiger partial charge in [0.15, 0.2) is 5.82 Å². The van der Waals surface area contributed by atoms with Crippen molar-refractivity contribution in [2.75, 3.05) is 43.1 Å². The standard InChI is InChI=1S/C22H23N7O/c1-30-20-10-16-2-3-19(27-18(16)12-26-20)29-13-17(14-29)21-22(25-7-6-24-21)28-8-4-15(11-23)5-9-28/h2-3,6-7,10,12,15,17H,4-5,8-9,13-14H2,1H3. The predicted octanol–water partition coefficient (Wildman–Crippen LogP) is 2.77. The number of pyridine rings is 2. The molecule has 2 saturated heterocycles. The Bertz CT molecular complexity index is 1100. The summed E-state index contributed by atoms with van der Waals surface area (Å²) in [6.45, 7) is 3.46. The van der Waals surface area contributed by atoms with Crippen LogP contribution in [0.1, 0.15) is 24.5 Å². The molecule has 0 spiro atoms. The van der Waals surface area contributed by atoms with Crippen LogP contribution in [-0.2, 0) is 0 Å². The molecule has 8 nitrogen and oxygen atoms in total. The lowest BCUT2D eigenvalue weighted by Gasteiger charge is -2.41. The molecule has 0 bridgehead atoms. The summed E-state index contributed by atoms with van der Waals surface area (Å²) in [6, 6.07) is 8.39. The number of hydrogen-bond acceptors (Lipinski definition) is 8. The molecule has 0 atom stereocenters. The quantitative estimate of drug-likeness (QED) is 0.659. The first-order valence-corrected chi connectivity index (χ1v) is 10.3. The van der Waals surface area contributed by atoms with E-state index in [9.17, 15) is 0 Å². The van der Waals surface area contributed by atoms with Gasteiger partial charge in [-0.25, -0.2) is 15.0 Å². The number of aromatic nitrogens is 4. The van der Waals surface area contributed by atoms with Crippen molar-refractivity contribution in [3.05, 3.63) is 42.5 Å². The van der Waals surface area contributed by atoms with Gasteiger partial charge in [-0.05, 0) is 25.0 Å². The molecular formula is C22H23N7O. The highest BCUT2D eigenvalue weighted by Crippen LogP contribution is 2.35. The highest BCUT2D eigenvalue weighted by molar-refractivity contribution is 5.80. The molecule has 0 aliphatic carbocycles. The molecule has 3 aromatic rings. The summed E-state index contributed by atoms with van der Waals surface area (Å²) in [5, 5.41) is 10.2. The Hall–Kier alpha value is -3.47. The van der Waals surface area contributed by atoms with Crippen LogP contribution in [0.25, 0.3) is 10.9 Å². The topological polar surface area (TPSA) is 91.1 Å². The van der Waals surface area contributed by atoms with Crippen LogP contribution in [0.2, 0.25) is 0 Å². The molecule has 152 valence electrons. The lowest BCUT2D eigenvalue weighted by Crippen LogP contribution is -2.47. The lowest BCUT2D eigenvalue weighted by atomic mass is 9.94. The van der Waals surface area contributed by atoms with E-state index in [1.807, 2.05) is 12.1 Å². The molecule has 2 aliphatic rings. The lowest BCUT2D eigenvalue weighted by molar-refractivity contribution is 0.398. The highest BCUT2D eigenvalue weighted by atomic mass is 16.5. The predicted molar refractivity (Wildman–Crippen MR) is 114 cm³/mol. The Morgan fingerprint density at radius 1 is 1.07 bits per heavy atom. The molecule has 5 heterocycles. The van der Waals surface area contributed by atoms with Crippen LogP contribution in [0.3, 0.4) is 0 Å². The molecule has 0 aromatic carbocycles. The van der Waals surface area contributed by atoms with Gasteiger partial charge in [-0.15, -0.1) is 0 Å². The van der Waals surface area contributed by atoms with Crippen molar-refractivity contribution in [2.24, 2.45) is 5.92 Å². The van der Waals surface area contributed by atoms with Gasteiger partial charge in [-0.2, -0.15) is 5.26 Å². The van der Waals surface area contributed by atoms with E-state index >= 15 is 0 Å². The van der Waals surface area contributed by atoms with Gasteiger partial charge >= 0.3 is 0 Å². The largest absolute Gasteiger partial charge is 0.481 e. The van der Waals surface area contributed by atoms with Crippen molar-refractivity contribution in [3.8, 4) is 11.9 Å². The van der Waals surface area contributed by atoms with E-state index in [1.165, 1.54) is 0 Å². The van der Waals surface area contributed by atoms with Gasteiger partial charge < -0.3 is 14.5 Å². The Morgan fingerprint density at radius 2 is 1.87 bits per heavy atom. The van der Waals surface area contributed by atoms with Crippen LogP contribution in [-0.4, -0.2) is 53.2 Å². The molecule has 0 N–H and O–H groups in total. The minimum absolute atomic E-state index is 0.161. The molecule has 5 rings (SSSR count). The average Bonchev–Trinajstić information content (AvgIpc) is 2.78. The number of nitrogens with zero attached hydrogens (tertiary/aromatic N) is 7. The molecule has 0 radical (unpaired) electrons. The number of nitriles is 1. The number of fused-ring (bicyclic) bond motifs is 1. The maximum absolute atomic E-state index is 9.15. The number of ether oxygens (including phenoxy) is 1. The van der Waals surface area contributed by atoms with Crippen molar-refractivity contribution in [1.82, 2.24) is 19.9 Å². The van der Waals surface area contributed by atoms with Crippen LogP contribution in [0, 0.1) is 17.2 Å². The van der Waals surface area contributed by atoms with Gasteiger partial charge in [-0.1, -0.05) is 0 Å². The number of rotatable bonds is 4. The first-order valence-electron chi connectivity index (χ1n) is 10.3. The Morgan fingerprint density at radius 3 is 2.63 bits per heavy atom. The van der Waals surface area contributed by atoms with Crippen molar-refractivity contribution < 1.29 is 4.74 Å². The third-order valence-electron chi connectivity index (χ3n) is 6.02. The second kappa shape index (κ2) is 7.75. The van der Waals surface area contributed by atoms with Gasteiger partial charge in [0.25, 0.3) is 0 Å². The first-order chi connectivity index (χ1) is 14.7. The second-order valence-electron chi connectivity index (χ2n) is 7.85. The molecule has 0 saturated carbocycles. The Balaban J connectivity index is 1.30. The summed E-state index contributed by atoms with van der Waals surface area (Å²) in [5.41, 5.74) is 1.91. The Kier molecular flexibility index (Phi) is 4.79. The normalized spacial score (nSPS) is 17.6. The molecular weight excluding hydrogens is 378 g/mol. The summed E-state index contributed by atoms with van der Waals surface area (Å²) in [6.07, 6.45) is 7.07. The van der Waals surface area contributed by atoms with Crippen LogP contribution in [0.4, 0.5) is 11.6 Å². The summed E-state index contributed by atoms with van der Waals surface area (Å²) in [4.78, 5) is 22.9. The van der Waals surface area contributed by atoms with E-state index in [-0.39, 0.29) is 5.92 Å². The molecule has 30 heavy (non-hydrogen) atoms. The van der Waals surface area contributed by atoms with E-state index in [0.717, 1.165) is 67.3 Å². The first kappa shape index (κ1) is 18.6. The second-order valence-corrected chi connectivity index (χ2v) is 7.85. The zero-order valence-corrected chi connectivity index (χ0v) is 16.9. The van der Waals surface area contributed by atoms with Gasteiger partial charge in [0.05, 0.1) is 30.6 Å². The fourth-order valence-corrected chi connectivity index (χ4v) is 4.22. The van der Waals surface area contributed by atoms with E-state index in [0.29, 0.717) is 11.8 Å². The SMILES string of the molecule is COc1cc2ccc(N3CC(c4nccnc4N4CCC(C#N)CC4)C3)nc2cn1. The molecule has 2 fully saturated rings. The van der Waals surface area contributed by atoms with Crippen molar-refractivity contribution in [3.63, 3.8) is 0 Å². The molecule has 3 aromatic heterocycles. The molecule has 0 amide bonds. The zero-order chi connectivity index (χ0) is 20.5. The van der Waals surface area contributed by atoms with E-state index in [2.05, 4.69) is 36.9 Å². The maximum atomic E-state index is 9.15. The average molecular weight is 401 g/mol. The minimum atomic E-state index is 0.161. The number of hydrogen-bond donors (Lipinski definition) is 0. The van der Waals surface area contributed by atoms with Crippen LogP contribution in [0.15, 0.2) is 36.8 Å². The van der Waals surface area contributed by atoms with Crippen molar-refractivity contribution >= 4 is 22.5 Å². The minimum Gasteiger partial charge on any atom is -0.481 e. The molecule has 8 heteroatoms. The molecule has 0 unspecified atom stereocenters. The fraction of sp³-hybridized carbons (Fsp3) is 0.409. The number of anilines is 2. The summed E-state index contributed by atoms with van der Waals surface area (Å²) < 4.78 is 5.19. The Labute approximate surface area is 175 Å². The number of piperidine rings is 1. The van der Waals surface area contributed by atoms with Gasteiger partial charge in [0, 0.05) is 61.9 Å².